The van der Waals surface area contributed by atoms with E-state index in [1.807, 2.05) is 37.3 Å². The van der Waals surface area contributed by atoms with Crippen LogP contribution in [0.1, 0.15) is 79.8 Å². The molecule has 1 saturated carbocycles. The van der Waals surface area contributed by atoms with Crippen LogP contribution in [0.25, 0.3) is 17.8 Å². The molecule has 0 spiro atoms. The zero-order valence-corrected chi connectivity index (χ0v) is 25.8. The molecular weight excluding hydrogens is 539 g/mol. The number of benzene rings is 2. The average molecular weight is 585 g/mol. The molecule has 2 aliphatic carbocycles. The number of ketones is 1. The molecule has 3 unspecified atom stereocenters. The Balaban J connectivity index is 1.23. The highest BCUT2D eigenvalue weighted by atomic mass is 19.1. The molecule has 5 nitrogen and oxygen atoms in total. The molecule has 0 bridgehead atoms. The molecule has 1 fully saturated rings. The first-order chi connectivity index (χ1) is 20.8. The minimum atomic E-state index is -0.230. The standard InChI is InChI=1S/C37H45FN2O3/c1-25-19-32-8-7-26(2)40(24-33(32)22-35(25)37(42)39-17-18-43-3)23-28-6-4-5-27(20-28)21-36(41)31-11-9-29(10-12-31)30-13-15-34(38)16-14-30/h8-9,11,13-16,19,22,24,26-28H,4-7,10,12,17-18,20-21,23H2,1-3H3,(H,39,42). The van der Waals surface area contributed by atoms with Crippen LogP contribution in [0.15, 0.2) is 54.1 Å². The Labute approximate surface area is 255 Å². The van der Waals surface area contributed by atoms with Crippen LogP contribution >= 0.6 is 0 Å². The van der Waals surface area contributed by atoms with Crippen LogP contribution in [-0.4, -0.2) is 49.4 Å². The van der Waals surface area contributed by atoms with Crippen LogP contribution < -0.4 is 15.8 Å². The van der Waals surface area contributed by atoms with Crippen LogP contribution in [0, 0.1) is 24.6 Å². The zero-order chi connectivity index (χ0) is 30.3. The van der Waals surface area contributed by atoms with E-state index in [1.165, 1.54) is 23.8 Å². The van der Waals surface area contributed by atoms with E-state index < -0.39 is 0 Å². The summed E-state index contributed by atoms with van der Waals surface area (Å²) in [6.07, 6.45) is 16.3. The van der Waals surface area contributed by atoms with Gasteiger partial charge in [-0.1, -0.05) is 42.8 Å². The fraction of sp³-hybridized carbons (Fsp3) is 0.459. The lowest BCUT2D eigenvalue weighted by atomic mass is 9.77. The molecule has 0 aromatic heterocycles. The fourth-order valence-corrected chi connectivity index (χ4v) is 6.83. The minimum absolute atomic E-state index is 0.0652. The molecule has 1 heterocycles. The van der Waals surface area contributed by atoms with Gasteiger partial charge in [0.25, 0.3) is 5.91 Å². The summed E-state index contributed by atoms with van der Waals surface area (Å²) in [5.74, 6) is 0.946. The van der Waals surface area contributed by atoms with Crippen LogP contribution in [0.5, 0.6) is 0 Å². The number of allylic oxidation sites excluding steroid dienone is 4. The molecule has 43 heavy (non-hydrogen) atoms. The van der Waals surface area contributed by atoms with E-state index in [1.54, 1.807) is 7.11 Å². The normalized spacial score (nSPS) is 21.9. The minimum Gasteiger partial charge on any atom is -0.383 e. The van der Waals surface area contributed by atoms with Crippen LogP contribution in [0.3, 0.4) is 0 Å². The predicted molar refractivity (Wildman–Crippen MR) is 171 cm³/mol. The number of Topliss-reactive ketones (excluding diaryl/α,β-unsaturated/α-hetero) is 1. The third-order valence-corrected chi connectivity index (χ3v) is 9.37. The van der Waals surface area contributed by atoms with Crippen molar-refractivity contribution in [2.75, 3.05) is 26.8 Å². The van der Waals surface area contributed by atoms with Crippen molar-refractivity contribution in [3.8, 4) is 0 Å². The SMILES string of the molecule is COCCNC(=O)c1cc2c(cc1C)=CCC(C)N(CC1CCCC(CC(=O)C3=CC=C(c4ccc(F)cc4)CC3)C1)C=2. The highest BCUT2D eigenvalue weighted by molar-refractivity contribution is 5.97. The molecular formula is C37H45FN2O3. The van der Waals surface area contributed by atoms with Gasteiger partial charge in [0.1, 0.15) is 5.82 Å². The van der Waals surface area contributed by atoms with Gasteiger partial charge in [-0.3, -0.25) is 9.59 Å². The maximum Gasteiger partial charge on any atom is 0.251 e. The average Bonchev–Trinajstić information content (AvgIpc) is 3.15. The maximum absolute atomic E-state index is 13.3. The number of carbonyl (C=O) groups excluding carboxylic acids is 2. The van der Waals surface area contributed by atoms with E-state index in [4.69, 9.17) is 4.74 Å². The Morgan fingerprint density at radius 2 is 1.84 bits per heavy atom. The Hall–Kier alpha value is -3.51. The van der Waals surface area contributed by atoms with Crippen molar-refractivity contribution in [3.63, 3.8) is 0 Å². The van der Waals surface area contributed by atoms with Gasteiger partial charge in [-0.05, 0) is 115 Å². The van der Waals surface area contributed by atoms with E-state index >= 15 is 0 Å². The van der Waals surface area contributed by atoms with Crippen molar-refractivity contribution in [2.45, 2.75) is 71.3 Å². The molecule has 1 N–H and O–H groups in total. The first kappa shape index (κ1) is 30.9. The lowest BCUT2D eigenvalue weighted by Gasteiger charge is -2.35. The van der Waals surface area contributed by atoms with Crippen molar-refractivity contribution in [1.29, 1.82) is 0 Å². The highest BCUT2D eigenvalue weighted by Crippen LogP contribution is 2.35. The summed E-state index contributed by atoms with van der Waals surface area (Å²) < 4.78 is 18.4. The number of fused-ring (bicyclic) bond motifs is 1. The Kier molecular flexibility index (Phi) is 10.3. The van der Waals surface area contributed by atoms with Gasteiger partial charge in [0.2, 0.25) is 0 Å². The fourth-order valence-electron chi connectivity index (χ4n) is 6.83. The van der Waals surface area contributed by atoms with E-state index in [9.17, 15) is 14.0 Å². The summed E-state index contributed by atoms with van der Waals surface area (Å²) in [4.78, 5) is 28.6. The third kappa shape index (κ3) is 7.91. The smallest absolute Gasteiger partial charge is 0.251 e. The molecule has 0 radical (unpaired) electrons. The van der Waals surface area contributed by atoms with Crippen LogP contribution in [0.4, 0.5) is 4.39 Å². The number of nitrogens with one attached hydrogen (secondary N) is 1. The summed E-state index contributed by atoms with van der Waals surface area (Å²) in [6, 6.07) is 11.1. The first-order valence-electron chi connectivity index (χ1n) is 15.8. The Morgan fingerprint density at radius 3 is 2.58 bits per heavy atom. The molecule has 3 atom stereocenters. The number of rotatable bonds is 10. The monoisotopic (exact) mass is 584 g/mol. The second-order valence-electron chi connectivity index (χ2n) is 12.6. The van der Waals surface area contributed by atoms with E-state index in [0.717, 1.165) is 72.6 Å². The summed E-state index contributed by atoms with van der Waals surface area (Å²) in [5.41, 5.74) is 4.80. The molecule has 1 aliphatic heterocycles. The molecule has 5 rings (SSSR count). The lowest BCUT2D eigenvalue weighted by molar-refractivity contribution is -0.116. The van der Waals surface area contributed by atoms with Crippen molar-refractivity contribution in [2.24, 2.45) is 11.8 Å². The van der Waals surface area contributed by atoms with Gasteiger partial charge in [-0.25, -0.2) is 4.39 Å². The van der Waals surface area contributed by atoms with Crippen LogP contribution in [-0.2, 0) is 9.53 Å². The van der Waals surface area contributed by atoms with Gasteiger partial charge < -0.3 is 15.0 Å². The maximum atomic E-state index is 13.3. The highest BCUT2D eigenvalue weighted by Gasteiger charge is 2.27. The summed E-state index contributed by atoms with van der Waals surface area (Å²) >= 11 is 0. The van der Waals surface area contributed by atoms with Crippen molar-refractivity contribution in [1.82, 2.24) is 10.2 Å². The summed E-state index contributed by atoms with van der Waals surface area (Å²) in [5, 5.41) is 5.23. The van der Waals surface area contributed by atoms with Crippen molar-refractivity contribution in [3.05, 3.63) is 87.1 Å². The second kappa shape index (κ2) is 14.3. The van der Waals surface area contributed by atoms with Gasteiger partial charge in [0, 0.05) is 44.4 Å². The summed E-state index contributed by atoms with van der Waals surface area (Å²) in [6.45, 7) is 6.22. The molecule has 3 aliphatic rings. The largest absolute Gasteiger partial charge is 0.383 e. The number of carbonyl (C=O) groups is 2. The molecule has 0 saturated heterocycles. The number of methoxy groups -OCH3 is 1. The molecule has 1 amide bonds. The van der Waals surface area contributed by atoms with E-state index in [2.05, 4.69) is 35.5 Å². The first-order valence-corrected chi connectivity index (χ1v) is 15.8. The molecule has 228 valence electrons. The Bertz CT molecular complexity index is 1510. The number of hydrogen-bond donors (Lipinski definition) is 1. The quantitative estimate of drug-likeness (QED) is 0.365. The Morgan fingerprint density at radius 1 is 1.05 bits per heavy atom. The lowest BCUT2D eigenvalue weighted by Crippen LogP contribution is -2.36. The number of ether oxygens (including phenoxy) is 1. The van der Waals surface area contributed by atoms with Gasteiger partial charge in [-0.15, -0.1) is 0 Å². The molecule has 2 aromatic carbocycles. The van der Waals surface area contributed by atoms with Gasteiger partial charge >= 0.3 is 0 Å². The summed E-state index contributed by atoms with van der Waals surface area (Å²) in [7, 11) is 1.63. The van der Waals surface area contributed by atoms with E-state index in [0.29, 0.717) is 43.0 Å². The predicted octanol–water partition coefficient (Wildman–Crippen LogP) is 5.69. The van der Waals surface area contributed by atoms with Gasteiger partial charge in [0.05, 0.1) is 6.61 Å². The number of amides is 1. The number of hydrogen-bond acceptors (Lipinski definition) is 4. The van der Waals surface area contributed by atoms with Gasteiger partial charge in [-0.2, -0.15) is 0 Å². The number of nitrogens with zero attached hydrogens (tertiary/aromatic N) is 1. The van der Waals surface area contributed by atoms with Crippen molar-refractivity contribution < 1.29 is 18.7 Å². The topological polar surface area (TPSA) is 58.6 Å². The third-order valence-electron chi connectivity index (χ3n) is 9.37. The van der Waals surface area contributed by atoms with E-state index in [-0.39, 0.29) is 17.5 Å². The number of halogens is 1. The molecule has 6 heteroatoms. The van der Waals surface area contributed by atoms with Crippen LogP contribution in [0.2, 0.25) is 0 Å². The van der Waals surface area contributed by atoms with Gasteiger partial charge in [0.15, 0.2) is 5.78 Å². The zero-order valence-electron chi connectivity index (χ0n) is 25.8. The second-order valence-corrected chi connectivity index (χ2v) is 12.6. The molecule has 2 aromatic rings. The van der Waals surface area contributed by atoms with Crippen molar-refractivity contribution >= 4 is 29.5 Å². The number of aryl methyl sites for hydroxylation is 1.